The molecular weight excluding hydrogens is 372 g/mol. The molecule has 1 atom stereocenters. The Balaban J connectivity index is 1.74. The molecule has 0 spiro atoms. The number of piperidine rings is 1. The number of rotatable bonds is 3. The smallest absolute Gasteiger partial charge is 0.287 e. The van der Waals surface area contributed by atoms with Crippen molar-refractivity contribution in [3.63, 3.8) is 0 Å². The van der Waals surface area contributed by atoms with E-state index in [4.69, 9.17) is 4.42 Å². The molecule has 1 saturated heterocycles. The van der Waals surface area contributed by atoms with E-state index in [0.29, 0.717) is 5.58 Å². The van der Waals surface area contributed by atoms with Gasteiger partial charge in [-0.1, -0.05) is 15.9 Å². The molecule has 5 nitrogen and oxygen atoms in total. The minimum absolute atomic E-state index is 0.0282. The van der Waals surface area contributed by atoms with Crippen LogP contribution in [0.4, 0.5) is 0 Å². The van der Waals surface area contributed by atoms with Crippen molar-refractivity contribution in [3.8, 4) is 0 Å². The van der Waals surface area contributed by atoms with Crippen LogP contribution in [0.5, 0.6) is 0 Å². The molecule has 0 aliphatic carbocycles. The number of furan rings is 1. The van der Waals surface area contributed by atoms with Crippen molar-refractivity contribution in [3.05, 3.63) is 34.0 Å². The van der Waals surface area contributed by atoms with Crippen LogP contribution in [-0.4, -0.2) is 35.8 Å². The van der Waals surface area contributed by atoms with Crippen molar-refractivity contribution in [1.29, 1.82) is 0 Å². The maximum absolute atomic E-state index is 12.5. The number of amides is 2. The number of carbonyl (C=O) groups is 2. The molecule has 1 aromatic carbocycles. The van der Waals surface area contributed by atoms with E-state index in [1.165, 1.54) is 0 Å². The van der Waals surface area contributed by atoms with Gasteiger partial charge in [-0.05, 0) is 51.3 Å². The number of fused-ring (bicyclic) bond motifs is 1. The molecule has 1 aliphatic rings. The Morgan fingerprint density at radius 1 is 1.25 bits per heavy atom. The molecule has 1 aliphatic heterocycles. The van der Waals surface area contributed by atoms with Crippen LogP contribution in [0.1, 0.15) is 42.3 Å². The molecule has 0 saturated carbocycles. The average molecular weight is 393 g/mol. The van der Waals surface area contributed by atoms with Gasteiger partial charge < -0.3 is 14.6 Å². The van der Waals surface area contributed by atoms with E-state index >= 15 is 0 Å². The summed E-state index contributed by atoms with van der Waals surface area (Å²) in [4.78, 5) is 26.8. The lowest BCUT2D eigenvalue weighted by atomic mass is 10.1. The van der Waals surface area contributed by atoms with Crippen LogP contribution in [0.3, 0.4) is 0 Å². The lowest BCUT2D eigenvalue weighted by Gasteiger charge is -2.29. The molecule has 3 rings (SSSR count). The van der Waals surface area contributed by atoms with E-state index in [9.17, 15) is 9.59 Å². The van der Waals surface area contributed by atoms with Gasteiger partial charge in [-0.2, -0.15) is 0 Å². The second kappa shape index (κ2) is 6.97. The summed E-state index contributed by atoms with van der Waals surface area (Å²) in [5.74, 6) is -0.112. The van der Waals surface area contributed by atoms with Crippen LogP contribution >= 0.6 is 15.9 Å². The first-order valence-electron chi connectivity index (χ1n) is 8.25. The molecule has 2 aromatic rings. The zero-order chi connectivity index (χ0) is 17.3. The van der Waals surface area contributed by atoms with Crippen molar-refractivity contribution in [2.45, 2.75) is 39.2 Å². The van der Waals surface area contributed by atoms with Gasteiger partial charge in [0, 0.05) is 28.5 Å². The van der Waals surface area contributed by atoms with Gasteiger partial charge in [0.25, 0.3) is 5.91 Å². The normalized spacial score (nSPS) is 16.2. The molecule has 1 N–H and O–H groups in total. The van der Waals surface area contributed by atoms with E-state index in [1.807, 2.05) is 30.0 Å². The van der Waals surface area contributed by atoms with Gasteiger partial charge in [-0.3, -0.25) is 9.59 Å². The number of carbonyl (C=O) groups excluding carboxylic acids is 2. The summed E-state index contributed by atoms with van der Waals surface area (Å²) in [5.41, 5.74) is 1.44. The molecule has 2 amide bonds. The van der Waals surface area contributed by atoms with Gasteiger partial charge >= 0.3 is 0 Å². The number of hydrogen-bond acceptors (Lipinski definition) is 3. The molecule has 24 heavy (non-hydrogen) atoms. The third-order valence-corrected chi connectivity index (χ3v) is 4.99. The molecule has 1 fully saturated rings. The van der Waals surface area contributed by atoms with Crippen LogP contribution in [0.2, 0.25) is 0 Å². The molecule has 0 radical (unpaired) electrons. The van der Waals surface area contributed by atoms with Crippen molar-refractivity contribution < 1.29 is 14.0 Å². The average Bonchev–Trinajstić information content (AvgIpc) is 2.91. The van der Waals surface area contributed by atoms with Crippen molar-refractivity contribution in [2.24, 2.45) is 0 Å². The molecule has 128 valence electrons. The number of likely N-dealkylation sites (tertiary alicyclic amines) is 1. The summed E-state index contributed by atoms with van der Waals surface area (Å²) in [5, 5.41) is 3.68. The number of hydrogen-bond donors (Lipinski definition) is 1. The highest BCUT2D eigenvalue weighted by Gasteiger charge is 2.26. The summed E-state index contributed by atoms with van der Waals surface area (Å²) in [6, 6.07) is 5.10. The molecule has 0 bridgehead atoms. The zero-order valence-electron chi connectivity index (χ0n) is 13.9. The fraction of sp³-hybridized carbons (Fsp3) is 0.444. The Morgan fingerprint density at radius 2 is 1.96 bits per heavy atom. The Kier molecular flexibility index (Phi) is 4.94. The second-order valence-corrected chi connectivity index (χ2v) is 7.19. The molecular formula is C18H21BrN2O3. The zero-order valence-corrected chi connectivity index (χ0v) is 15.5. The Labute approximate surface area is 149 Å². The fourth-order valence-electron chi connectivity index (χ4n) is 3.13. The first-order valence-corrected chi connectivity index (χ1v) is 9.05. The number of nitrogens with zero attached hydrogens (tertiary/aromatic N) is 1. The number of halogens is 1. The third-order valence-electron chi connectivity index (χ3n) is 4.49. The number of aryl methyl sites for hydroxylation is 1. The predicted molar refractivity (Wildman–Crippen MR) is 96.0 cm³/mol. The van der Waals surface area contributed by atoms with E-state index in [-0.39, 0.29) is 17.6 Å². The van der Waals surface area contributed by atoms with E-state index < -0.39 is 6.04 Å². The Hall–Kier alpha value is -1.82. The van der Waals surface area contributed by atoms with Crippen molar-refractivity contribution in [2.75, 3.05) is 13.1 Å². The van der Waals surface area contributed by atoms with Crippen LogP contribution < -0.4 is 5.32 Å². The van der Waals surface area contributed by atoms with E-state index in [2.05, 4.69) is 21.2 Å². The van der Waals surface area contributed by atoms with Crippen LogP contribution in [-0.2, 0) is 4.79 Å². The third kappa shape index (κ3) is 3.34. The molecule has 0 unspecified atom stereocenters. The summed E-state index contributed by atoms with van der Waals surface area (Å²) >= 11 is 3.40. The lowest BCUT2D eigenvalue weighted by molar-refractivity contribution is -0.133. The summed E-state index contributed by atoms with van der Waals surface area (Å²) in [7, 11) is 0. The van der Waals surface area contributed by atoms with Crippen molar-refractivity contribution in [1.82, 2.24) is 10.2 Å². The Bertz CT molecular complexity index is 778. The molecule has 1 aromatic heterocycles. The van der Waals surface area contributed by atoms with Gasteiger partial charge in [-0.25, -0.2) is 0 Å². The highest BCUT2D eigenvalue weighted by molar-refractivity contribution is 9.10. The largest absolute Gasteiger partial charge is 0.451 e. The fourth-order valence-corrected chi connectivity index (χ4v) is 3.47. The van der Waals surface area contributed by atoms with Gasteiger partial charge in [0.15, 0.2) is 5.76 Å². The lowest BCUT2D eigenvalue weighted by Crippen LogP contribution is -2.48. The van der Waals surface area contributed by atoms with Gasteiger partial charge in [0.1, 0.15) is 11.6 Å². The monoisotopic (exact) mass is 392 g/mol. The summed E-state index contributed by atoms with van der Waals surface area (Å²) in [6.45, 7) is 5.13. The topological polar surface area (TPSA) is 62.6 Å². The summed E-state index contributed by atoms with van der Waals surface area (Å²) < 4.78 is 6.59. The van der Waals surface area contributed by atoms with Crippen LogP contribution in [0.25, 0.3) is 11.0 Å². The van der Waals surface area contributed by atoms with Gasteiger partial charge in [-0.15, -0.1) is 0 Å². The minimum atomic E-state index is -0.560. The van der Waals surface area contributed by atoms with E-state index in [1.54, 1.807) is 6.92 Å². The second-order valence-electron chi connectivity index (χ2n) is 6.28. The highest BCUT2D eigenvalue weighted by Crippen LogP contribution is 2.28. The maximum Gasteiger partial charge on any atom is 0.287 e. The number of benzene rings is 1. The Morgan fingerprint density at radius 3 is 2.67 bits per heavy atom. The highest BCUT2D eigenvalue weighted by atomic mass is 79.9. The molecule has 6 heteroatoms. The quantitative estimate of drug-likeness (QED) is 0.866. The van der Waals surface area contributed by atoms with E-state index in [0.717, 1.165) is 47.8 Å². The van der Waals surface area contributed by atoms with Crippen molar-refractivity contribution >= 4 is 38.7 Å². The first-order chi connectivity index (χ1) is 11.5. The SMILES string of the molecule is Cc1c(C(=O)N[C@@H](C)C(=O)N2CCCCC2)oc2cc(Br)ccc12. The predicted octanol–water partition coefficient (Wildman–Crippen LogP) is 3.63. The molecule has 2 heterocycles. The van der Waals surface area contributed by atoms with Gasteiger partial charge in [0.05, 0.1) is 0 Å². The maximum atomic E-state index is 12.5. The van der Waals surface area contributed by atoms with Crippen LogP contribution in [0.15, 0.2) is 27.1 Å². The van der Waals surface area contributed by atoms with Gasteiger partial charge in [0.2, 0.25) is 5.91 Å². The standard InChI is InChI=1S/C18H21BrN2O3/c1-11-14-7-6-13(19)10-15(14)24-16(11)17(22)20-12(2)18(23)21-8-4-3-5-9-21/h6-7,10,12H,3-5,8-9H2,1-2H3,(H,20,22)/t12-/m0/s1. The van der Waals surface area contributed by atoms with Crippen LogP contribution in [0, 0.1) is 6.92 Å². The summed E-state index contributed by atoms with van der Waals surface area (Å²) in [6.07, 6.45) is 3.23. The first kappa shape index (κ1) is 17.0. The minimum Gasteiger partial charge on any atom is -0.451 e. The number of nitrogens with one attached hydrogen (secondary N) is 1.